The van der Waals surface area contributed by atoms with Crippen molar-refractivity contribution < 1.29 is 4.79 Å². The summed E-state index contributed by atoms with van der Waals surface area (Å²) in [6.45, 7) is 6.68. The van der Waals surface area contributed by atoms with Crippen LogP contribution in [0.3, 0.4) is 0 Å². The van der Waals surface area contributed by atoms with Crippen LogP contribution in [0.5, 0.6) is 0 Å². The summed E-state index contributed by atoms with van der Waals surface area (Å²) in [5.74, 6) is 0.301. The lowest BCUT2D eigenvalue weighted by atomic mass is 9.85. The predicted octanol–water partition coefficient (Wildman–Crippen LogP) is 8.27. The molecular formula is C32H40N2O. The van der Waals surface area contributed by atoms with E-state index in [-0.39, 0.29) is 12.1 Å². The average molecular weight is 469 g/mol. The molecule has 0 fully saturated rings. The molecule has 2 atom stereocenters. The third-order valence-corrected chi connectivity index (χ3v) is 8.31. The van der Waals surface area contributed by atoms with Gasteiger partial charge in [-0.05, 0) is 63.2 Å². The van der Waals surface area contributed by atoms with Gasteiger partial charge in [0.05, 0.1) is 11.7 Å². The number of rotatable bonds is 8. The number of fused-ring (bicyclic) bond motifs is 1. The van der Waals surface area contributed by atoms with Gasteiger partial charge >= 0.3 is 0 Å². The molecule has 0 spiro atoms. The minimum atomic E-state index is 0.0429. The van der Waals surface area contributed by atoms with Crippen LogP contribution in [-0.2, 0) is 11.8 Å². The number of para-hydroxylation sites is 1. The summed E-state index contributed by atoms with van der Waals surface area (Å²) < 4.78 is 2.35. The molecule has 2 aromatic carbocycles. The Morgan fingerprint density at radius 1 is 0.971 bits per heavy atom. The molecule has 35 heavy (non-hydrogen) atoms. The first-order chi connectivity index (χ1) is 17.0. The lowest BCUT2D eigenvalue weighted by molar-refractivity contribution is -0.129. The fraction of sp³-hybridized carbons (Fsp3) is 0.469. The van der Waals surface area contributed by atoms with Crippen LogP contribution in [0, 0.1) is 6.92 Å². The maximum atomic E-state index is 14.0. The lowest BCUT2D eigenvalue weighted by Gasteiger charge is -2.34. The summed E-state index contributed by atoms with van der Waals surface area (Å²) in [4.78, 5) is 16.2. The largest absolute Gasteiger partial charge is 0.343 e. The van der Waals surface area contributed by atoms with E-state index in [1.165, 1.54) is 71.0 Å². The molecule has 3 nitrogen and oxygen atoms in total. The van der Waals surface area contributed by atoms with Crippen molar-refractivity contribution in [2.75, 3.05) is 0 Å². The van der Waals surface area contributed by atoms with Crippen LogP contribution in [0.25, 0.3) is 22.2 Å². The van der Waals surface area contributed by atoms with E-state index in [1.807, 2.05) is 0 Å². The first kappa shape index (κ1) is 23.9. The van der Waals surface area contributed by atoms with Gasteiger partial charge in [-0.1, -0.05) is 80.6 Å². The van der Waals surface area contributed by atoms with Gasteiger partial charge < -0.3 is 9.47 Å². The third kappa shape index (κ3) is 4.24. The van der Waals surface area contributed by atoms with Crippen LogP contribution in [0.4, 0.5) is 0 Å². The molecule has 1 aromatic heterocycles. The van der Waals surface area contributed by atoms with Crippen LogP contribution >= 0.6 is 0 Å². The Morgan fingerprint density at radius 3 is 2.49 bits per heavy atom. The maximum absolute atomic E-state index is 14.0. The quantitative estimate of drug-likeness (QED) is 0.305. The molecule has 0 saturated carbocycles. The van der Waals surface area contributed by atoms with E-state index in [0.29, 0.717) is 5.91 Å². The monoisotopic (exact) mass is 468 g/mol. The van der Waals surface area contributed by atoms with Crippen LogP contribution in [0.1, 0.15) is 88.8 Å². The van der Waals surface area contributed by atoms with E-state index in [0.717, 1.165) is 31.3 Å². The second-order valence-electron chi connectivity index (χ2n) is 10.7. The molecule has 3 aromatic rings. The average Bonchev–Trinajstić information content (AvgIpc) is 3.33. The van der Waals surface area contributed by atoms with Crippen molar-refractivity contribution in [3.8, 4) is 11.3 Å². The Kier molecular flexibility index (Phi) is 6.86. The SMILES string of the molecule is CCCCCCC(C)N1C(=O)C2=C(CCCC2)C1c1c(-c2ccc(C)cc2)n(C)c2ccccc12. The third-order valence-electron chi connectivity index (χ3n) is 8.31. The second kappa shape index (κ2) is 10.0. The van der Waals surface area contributed by atoms with Crippen molar-refractivity contribution in [3.05, 3.63) is 70.8 Å². The zero-order valence-corrected chi connectivity index (χ0v) is 21.9. The highest BCUT2D eigenvalue weighted by molar-refractivity contribution is 6.01. The number of nitrogens with zero attached hydrogens (tertiary/aromatic N) is 2. The Labute approximate surface area is 210 Å². The molecule has 0 saturated heterocycles. The number of hydrogen-bond donors (Lipinski definition) is 0. The molecule has 0 radical (unpaired) electrons. The highest BCUT2D eigenvalue weighted by atomic mass is 16.2. The molecular weight excluding hydrogens is 428 g/mol. The molecule has 0 N–H and O–H groups in total. The summed E-state index contributed by atoms with van der Waals surface area (Å²) in [7, 11) is 2.19. The Balaban J connectivity index is 1.68. The van der Waals surface area contributed by atoms with Crippen LogP contribution in [-0.4, -0.2) is 21.4 Å². The van der Waals surface area contributed by atoms with Gasteiger partial charge in [-0.2, -0.15) is 0 Å². The standard InChI is InChI=1S/C32H40N2O/c1-5-6-7-8-13-23(3)34-31(25-14-9-10-15-26(25)32(34)35)29-27-16-11-12-17-28(27)33(4)30(29)24-20-18-22(2)19-21-24/h11-12,16-21,23,31H,5-10,13-15H2,1-4H3. The summed E-state index contributed by atoms with van der Waals surface area (Å²) in [6, 6.07) is 17.9. The van der Waals surface area contributed by atoms with Gasteiger partial charge in [-0.3, -0.25) is 4.79 Å². The summed E-state index contributed by atoms with van der Waals surface area (Å²) in [5, 5.41) is 1.28. The Bertz CT molecular complexity index is 1250. The number of amides is 1. The number of hydrogen-bond acceptors (Lipinski definition) is 1. The highest BCUT2D eigenvalue weighted by Gasteiger charge is 2.44. The van der Waals surface area contributed by atoms with Gasteiger partial charge in [0.25, 0.3) is 5.91 Å². The molecule has 2 heterocycles. The summed E-state index contributed by atoms with van der Waals surface area (Å²) in [6.07, 6.45) is 10.3. The van der Waals surface area contributed by atoms with Crippen molar-refractivity contribution in [3.63, 3.8) is 0 Å². The smallest absolute Gasteiger partial charge is 0.250 e. The number of aromatic nitrogens is 1. The number of unbranched alkanes of at least 4 members (excludes halogenated alkanes) is 3. The van der Waals surface area contributed by atoms with Gasteiger partial charge in [0, 0.05) is 35.1 Å². The van der Waals surface area contributed by atoms with E-state index < -0.39 is 0 Å². The molecule has 1 amide bonds. The number of carbonyl (C=O) groups is 1. The maximum Gasteiger partial charge on any atom is 0.250 e. The van der Waals surface area contributed by atoms with E-state index in [1.54, 1.807) is 0 Å². The molecule has 184 valence electrons. The van der Waals surface area contributed by atoms with E-state index in [9.17, 15) is 4.79 Å². The second-order valence-corrected chi connectivity index (χ2v) is 10.7. The lowest BCUT2D eigenvalue weighted by Crippen LogP contribution is -2.38. The number of aryl methyl sites for hydroxylation is 2. The minimum absolute atomic E-state index is 0.0429. The fourth-order valence-electron chi connectivity index (χ4n) is 6.45. The van der Waals surface area contributed by atoms with Crippen LogP contribution in [0.15, 0.2) is 59.7 Å². The fourth-order valence-corrected chi connectivity index (χ4v) is 6.45. The van der Waals surface area contributed by atoms with Crippen LogP contribution < -0.4 is 0 Å². The zero-order valence-electron chi connectivity index (χ0n) is 21.9. The molecule has 3 heteroatoms. The first-order valence-corrected chi connectivity index (χ1v) is 13.7. The molecule has 1 aliphatic heterocycles. The summed E-state index contributed by atoms with van der Waals surface area (Å²) in [5.41, 5.74) is 8.84. The van der Waals surface area contributed by atoms with Crippen LogP contribution in [0.2, 0.25) is 0 Å². The van der Waals surface area contributed by atoms with Crippen molar-refractivity contribution in [1.29, 1.82) is 0 Å². The highest BCUT2D eigenvalue weighted by Crippen LogP contribution is 2.50. The van der Waals surface area contributed by atoms with Gasteiger partial charge in [-0.25, -0.2) is 0 Å². The van der Waals surface area contributed by atoms with E-state index in [2.05, 4.69) is 85.8 Å². The van der Waals surface area contributed by atoms with Crippen molar-refractivity contribution in [2.45, 2.75) is 90.6 Å². The Hall–Kier alpha value is -2.81. The normalized spacial score (nSPS) is 19.0. The van der Waals surface area contributed by atoms with Gasteiger partial charge in [-0.15, -0.1) is 0 Å². The topological polar surface area (TPSA) is 25.2 Å². The van der Waals surface area contributed by atoms with E-state index in [4.69, 9.17) is 0 Å². The van der Waals surface area contributed by atoms with E-state index >= 15 is 0 Å². The zero-order chi connectivity index (χ0) is 24.5. The van der Waals surface area contributed by atoms with Crippen molar-refractivity contribution in [2.24, 2.45) is 7.05 Å². The minimum Gasteiger partial charge on any atom is -0.343 e. The van der Waals surface area contributed by atoms with Gasteiger partial charge in [0.2, 0.25) is 0 Å². The molecule has 2 aliphatic rings. The Morgan fingerprint density at radius 2 is 1.71 bits per heavy atom. The van der Waals surface area contributed by atoms with Crippen molar-refractivity contribution >= 4 is 16.8 Å². The molecule has 5 rings (SSSR count). The molecule has 1 aliphatic carbocycles. The molecule has 2 unspecified atom stereocenters. The number of carbonyl (C=O) groups excluding carboxylic acids is 1. The summed E-state index contributed by atoms with van der Waals surface area (Å²) >= 11 is 0. The number of benzene rings is 2. The molecule has 0 bridgehead atoms. The predicted molar refractivity (Wildman–Crippen MR) is 146 cm³/mol. The van der Waals surface area contributed by atoms with Gasteiger partial charge in [0.1, 0.15) is 0 Å². The van der Waals surface area contributed by atoms with Crippen molar-refractivity contribution in [1.82, 2.24) is 9.47 Å². The van der Waals surface area contributed by atoms with Gasteiger partial charge in [0.15, 0.2) is 0 Å². The first-order valence-electron chi connectivity index (χ1n) is 13.7.